The summed E-state index contributed by atoms with van der Waals surface area (Å²) in [6.45, 7) is 3.51. The maximum atomic E-state index is 6.71. The Labute approximate surface area is 118 Å². The van der Waals surface area contributed by atoms with E-state index in [2.05, 4.69) is 12.2 Å². The van der Waals surface area contributed by atoms with Gasteiger partial charge in [0.05, 0.1) is 11.7 Å². The minimum absolute atomic E-state index is 0.183. The van der Waals surface area contributed by atoms with Crippen molar-refractivity contribution in [2.75, 3.05) is 6.54 Å². The SMILES string of the molecule is CC1CCCC(OC2(CNC3CC3)CCCCC2)C1. The first kappa shape index (κ1) is 13.9. The molecule has 3 aliphatic carbocycles. The molecule has 0 heterocycles. The minimum Gasteiger partial charge on any atom is -0.370 e. The molecule has 0 spiro atoms. The first-order valence-corrected chi connectivity index (χ1v) is 8.67. The van der Waals surface area contributed by atoms with Gasteiger partial charge in [-0.15, -0.1) is 0 Å². The fraction of sp³-hybridized carbons (Fsp3) is 1.00. The van der Waals surface area contributed by atoms with Crippen LogP contribution in [0.2, 0.25) is 0 Å². The van der Waals surface area contributed by atoms with Gasteiger partial charge in [0.2, 0.25) is 0 Å². The summed E-state index contributed by atoms with van der Waals surface area (Å²) >= 11 is 0. The Morgan fingerprint density at radius 3 is 2.47 bits per heavy atom. The highest BCUT2D eigenvalue weighted by Crippen LogP contribution is 2.37. The van der Waals surface area contributed by atoms with Crippen LogP contribution in [0.3, 0.4) is 0 Å². The van der Waals surface area contributed by atoms with Crippen LogP contribution in [-0.4, -0.2) is 24.3 Å². The van der Waals surface area contributed by atoms with Crippen LogP contribution < -0.4 is 5.32 Å². The molecule has 0 saturated heterocycles. The van der Waals surface area contributed by atoms with E-state index in [9.17, 15) is 0 Å². The molecule has 110 valence electrons. The predicted molar refractivity (Wildman–Crippen MR) is 79.3 cm³/mol. The Hall–Kier alpha value is -0.0800. The molecule has 3 saturated carbocycles. The van der Waals surface area contributed by atoms with Gasteiger partial charge < -0.3 is 10.1 Å². The highest BCUT2D eigenvalue weighted by atomic mass is 16.5. The minimum atomic E-state index is 0.183. The van der Waals surface area contributed by atoms with Gasteiger partial charge >= 0.3 is 0 Å². The van der Waals surface area contributed by atoms with Crippen LogP contribution in [0.15, 0.2) is 0 Å². The summed E-state index contributed by atoms with van der Waals surface area (Å²) in [6.07, 6.45) is 15.4. The molecule has 19 heavy (non-hydrogen) atoms. The van der Waals surface area contributed by atoms with Crippen LogP contribution in [0.25, 0.3) is 0 Å². The van der Waals surface area contributed by atoms with E-state index < -0.39 is 0 Å². The first-order valence-electron chi connectivity index (χ1n) is 8.67. The Morgan fingerprint density at radius 1 is 1.00 bits per heavy atom. The van der Waals surface area contributed by atoms with Gasteiger partial charge in [-0.2, -0.15) is 0 Å². The third-order valence-electron chi connectivity index (χ3n) is 5.36. The molecule has 3 aliphatic rings. The maximum Gasteiger partial charge on any atom is 0.0810 e. The second-order valence-electron chi connectivity index (χ2n) is 7.41. The van der Waals surface area contributed by atoms with Crippen LogP contribution in [0, 0.1) is 5.92 Å². The van der Waals surface area contributed by atoms with Crippen molar-refractivity contribution in [2.45, 2.75) is 95.3 Å². The largest absolute Gasteiger partial charge is 0.370 e. The molecule has 2 atom stereocenters. The standard InChI is InChI=1S/C17H31NO/c1-14-6-5-7-16(12-14)19-17(10-3-2-4-11-17)13-18-15-8-9-15/h14-16,18H,2-13H2,1H3. The van der Waals surface area contributed by atoms with Crippen molar-refractivity contribution >= 4 is 0 Å². The van der Waals surface area contributed by atoms with Gasteiger partial charge in [0.15, 0.2) is 0 Å². The fourth-order valence-electron chi connectivity index (χ4n) is 3.99. The maximum absolute atomic E-state index is 6.71. The number of hydrogen-bond acceptors (Lipinski definition) is 2. The zero-order valence-corrected chi connectivity index (χ0v) is 12.6. The van der Waals surface area contributed by atoms with Crippen molar-refractivity contribution < 1.29 is 4.74 Å². The molecule has 0 aromatic heterocycles. The summed E-state index contributed by atoms with van der Waals surface area (Å²) in [5.41, 5.74) is 0.183. The highest BCUT2D eigenvalue weighted by molar-refractivity contribution is 4.92. The van der Waals surface area contributed by atoms with Crippen LogP contribution in [0.4, 0.5) is 0 Å². The van der Waals surface area contributed by atoms with Gasteiger partial charge in [-0.1, -0.05) is 39.0 Å². The molecule has 0 bridgehead atoms. The molecule has 0 aromatic rings. The summed E-state index contributed by atoms with van der Waals surface area (Å²) in [7, 11) is 0. The average Bonchev–Trinajstić information content (AvgIpc) is 3.22. The molecule has 2 nitrogen and oxygen atoms in total. The Balaban J connectivity index is 1.56. The van der Waals surface area contributed by atoms with Crippen LogP contribution in [-0.2, 0) is 4.74 Å². The zero-order chi connectivity index (χ0) is 13.1. The van der Waals surface area contributed by atoms with E-state index in [0.29, 0.717) is 6.10 Å². The second kappa shape index (κ2) is 6.13. The van der Waals surface area contributed by atoms with E-state index in [0.717, 1.165) is 18.5 Å². The van der Waals surface area contributed by atoms with Crippen LogP contribution in [0.5, 0.6) is 0 Å². The second-order valence-corrected chi connectivity index (χ2v) is 7.41. The van der Waals surface area contributed by atoms with E-state index in [-0.39, 0.29) is 5.60 Å². The monoisotopic (exact) mass is 265 g/mol. The van der Waals surface area contributed by atoms with Crippen molar-refractivity contribution in [2.24, 2.45) is 5.92 Å². The average molecular weight is 265 g/mol. The summed E-state index contributed by atoms with van der Waals surface area (Å²) in [5.74, 6) is 0.871. The summed E-state index contributed by atoms with van der Waals surface area (Å²) in [5, 5.41) is 3.74. The van der Waals surface area contributed by atoms with E-state index in [1.54, 1.807) is 0 Å². The third-order valence-corrected chi connectivity index (χ3v) is 5.36. The van der Waals surface area contributed by atoms with E-state index in [1.807, 2.05) is 0 Å². The first-order chi connectivity index (χ1) is 9.26. The van der Waals surface area contributed by atoms with E-state index in [4.69, 9.17) is 4.74 Å². The normalized spacial score (nSPS) is 35.2. The van der Waals surface area contributed by atoms with E-state index in [1.165, 1.54) is 70.6 Å². The number of rotatable bonds is 5. The smallest absolute Gasteiger partial charge is 0.0810 e. The van der Waals surface area contributed by atoms with Crippen LogP contribution in [0.1, 0.15) is 77.6 Å². The molecule has 0 amide bonds. The van der Waals surface area contributed by atoms with Crippen molar-refractivity contribution in [1.82, 2.24) is 5.32 Å². The number of ether oxygens (including phenoxy) is 1. The quantitative estimate of drug-likeness (QED) is 0.810. The summed E-state index contributed by atoms with van der Waals surface area (Å²) in [4.78, 5) is 0. The Kier molecular flexibility index (Phi) is 4.48. The van der Waals surface area contributed by atoms with Gasteiger partial charge in [0.1, 0.15) is 0 Å². The lowest BCUT2D eigenvalue weighted by atomic mass is 9.82. The van der Waals surface area contributed by atoms with Gasteiger partial charge in [-0.3, -0.25) is 0 Å². The highest BCUT2D eigenvalue weighted by Gasteiger charge is 2.37. The third kappa shape index (κ3) is 3.95. The van der Waals surface area contributed by atoms with Crippen LogP contribution >= 0.6 is 0 Å². The van der Waals surface area contributed by atoms with Gasteiger partial charge in [0.25, 0.3) is 0 Å². The Morgan fingerprint density at radius 2 is 1.79 bits per heavy atom. The van der Waals surface area contributed by atoms with Gasteiger partial charge in [0, 0.05) is 12.6 Å². The van der Waals surface area contributed by atoms with Crippen molar-refractivity contribution in [3.05, 3.63) is 0 Å². The van der Waals surface area contributed by atoms with Crippen molar-refractivity contribution in [1.29, 1.82) is 0 Å². The molecular formula is C17H31NO. The molecule has 0 aliphatic heterocycles. The zero-order valence-electron chi connectivity index (χ0n) is 12.6. The molecule has 2 heteroatoms. The molecule has 0 aromatic carbocycles. The van der Waals surface area contributed by atoms with Crippen molar-refractivity contribution in [3.8, 4) is 0 Å². The van der Waals surface area contributed by atoms with E-state index >= 15 is 0 Å². The summed E-state index contributed by atoms with van der Waals surface area (Å²) in [6, 6.07) is 0.813. The molecule has 3 fully saturated rings. The van der Waals surface area contributed by atoms with Crippen molar-refractivity contribution in [3.63, 3.8) is 0 Å². The lowest BCUT2D eigenvalue weighted by molar-refractivity contribution is -0.126. The topological polar surface area (TPSA) is 21.3 Å². The summed E-state index contributed by atoms with van der Waals surface area (Å²) < 4.78 is 6.71. The fourth-order valence-corrected chi connectivity index (χ4v) is 3.99. The van der Waals surface area contributed by atoms with Gasteiger partial charge in [-0.05, 0) is 44.4 Å². The Bertz CT molecular complexity index is 281. The molecule has 0 radical (unpaired) electrons. The van der Waals surface area contributed by atoms with Gasteiger partial charge in [-0.25, -0.2) is 0 Å². The predicted octanol–water partition coefficient (Wildman–Crippen LogP) is 4.04. The molecule has 1 N–H and O–H groups in total. The molecule has 2 unspecified atom stereocenters. The molecule has 3 rings (SSSR count). The number of hydrogen-bond donors (Lipinski definition) is 1. The number of nitrogens with one attached hydrogen (secondary N) is 1. The molecular weight excluding hydrogens is 234 g/mol. The lowest BCUT2D eigenvalue weighted by Crippen LogP contribution is -2.48. The lowest BCUT2D eigenvalue weighted by Gasteiger charge is -2.42.